The molecule has 3 heterocycles. The van der Waals surface area contributed by atoms with Gasteiger partial charge in [0.15, 0.2) is 0 Å². The number of ether oxygens (including phenoxy) is 3. The minimum atomic E-state index is 0. The monoisotopic (exact) mass is 1200 g/mol. The van der Waals surface area contributed by atoms with Gasteiger partial charge in [0.25, 0.3) is 0 Å². The Morgan fingerprint density at radius 2 is 0.705 bits per heavy atom. The first-order valence-corrected chi connectivity index (χ1v) is 33.6. The van der Waals surface area contributed by atoms with Crippen LogP contribution >= 0.6 is 0 Å². The van der Waals surface area contributed by atoms with E-state index in [2.05, 4.69) is 152 Å². The fourth-order valence-electron chi connectivity index (χ4n) is 11.9. The minimum Gasteiger partial charge on any atom is -0.508 e. The van der Waals surface area contributed by atoms with Gasteiger partial charge in [0.2, 0.25) is 0 Å². The zero-order valence-electron chi connectivity index (χ0n) is 58.2. The first-order chi connectivity index (χ1) is 41.3. The molecule has 0 amide bonds. The van der Waals surface area contributed by atoms with Gasteiger partial charge in [-0.3, -0.25) is 0 Å². The molecular weight excluding hydrogens is 1080 g/mol. The number of phenols is 3. The molecule has 0 fully saturated rings. The van der Waals surface area contributed by atoms with Crippen LogP contribution in [0.3, 0.4) is 0 Å². The Balaban J connectivity index is 0.000000343. The molecule has 3 unspecified atom stereocenters. The Morgan fingerprint density at radius 1 is 0.375 bits per heavy atom. The van der Waals surface area contributed by atoms with Crippen LogP contribution in [-0.2, 0) is 19.3 Å². The molecule has 0 radical (unpaired) electrons. The molecule has 0 aromatic heterocycles. The van der Waals surface area contributed by atoms with Crippen LogP contribution in [0, 0.1) is 41.5 Å². The van der Waals surface area contributed by atoms with E-state index in [1.807, 2.05) is 39.8 Å². The summed E-state index contributed by atoms with van der Waals surface area (Å²) in [4.78, 5) is 0. The number of allylic oxidation sites excluding steroid dienone is 18. The summed E-state index contributed by atoms with van der Waals surface area (Å²) in [6, 6.07) is 5.52. The molecule has 488 valence electrons. The fraction of sp³-hybridized carbons (Fsp3) is 0.561. The minimum absolute atomic E-state index is 0. The number of fused-ring (bicyclic) bond motifs is 3. The number of hydrogen-bond donors (Lipinski definition) is 3. The zero-order chi connectivity index (χ0) is 64.2. The molecule has 3 N–H and O–H groups in total. The molecule has 3 aliphatic heterocycles. The highest BCUT2D eigenvalue weighted by Crippen LogP contribution is 2.42. The first-order valence-electron chi connectivity index (χ1n) is 33.6. The van der Waals surface area contributed by atoms with E-state index in [9.17, 15) is 15.3 Å². The van der Waals surface area contributed by atoms with Crippen molar-refractivity contribution in [1.29, 1.82) is 0 Å². The topological polar surface area (TPSA) is 88.4 Å². The molecule has 0 saturated carbocycles. The van der Waals surface area contributed by atoms with Crippen LogP contribution in [-0.4, -0.2) is 33.6 Å². The third-order valence-electron chi connectivity index (χ3n) is 17.9. The van der Waals surface area contributed by atoms with Crippen LogP contribution in [0.5, 0.6) is 34.5 Å². The molecule has 6 nitrogen and oxygen atoms in total. The van der Waals surface area contributed by atoms with Gasteiger partial charge in [0, 0.05) is 5.56 Å². The highest BCUT2D eigenvalue weighted by Gasteiger charge is 2.27. The van der Waals surface area contributed by atoms with Crippen LogP contribution < -0.4 is 14.2 Å². The number of rotatable bonds is 27. The van der Waals surface area contributed by atoms with Crippen molar-refractivity contribution in [2.24, 2.45) is 0 Å². The van der Waals surface area contributed by atoms with Crippen molar-refractivity contribution in [3.8, 4) is 34.5 Å². The molecule has 0 bridgehead atoms. The van der Waals surface area contributed by atoms with E-state index >= 15 is 0 Å². The number of benzene rings is 3. The summed E-state index contributed by atoms with van der Waals surface area (Å²) in [7, 11) is 0. The molecule has 6 heteroatoms. The van der Waals surface area contributed by atoms with Crippen molar-refractivity contribution >= 4 is 0 Å². The van der Waals surface area contributed by atoms with Crippen LogP contribution in [0.15, 0.2) is 123 Å². The second-order valence-corrected chi connectivity index (χ2v) is 26.9. The lowest BCUT2D eigenvalue weighted by molar-refractivity contribution is 0.163. The third kappa shape index (κ3) is 27.5. The predicted molar refractivity (Wildman–Crippen MR) is 382 cm³/mol. The van der Waals surface area contributed by atoms with Crippen molar-refractivity contribution in [1.82, 2.24) is 0 Å². The van der Waals surface area contributed by atoms with Gasteiger partial charge >= 0.3 is 0 Å². The van der Waals surface area contributed by atoms with E-state index in [1.165, 1.54) is 75.0 Å². The summed E-state index contributed by atoms with van der Waals surface area (Å²) in [6.45, 7) is 38.6. The smallest absolute Gasteiger partial charge is 0.126 e. The van der Waals surface area contributed by atoms with Crippen LogP contribution in [0.1, 0.15) is 275 Å². The lowest BCUT2D eigenvalue weighted by atomic mass is 9.90. The Kier molecular flexibility index (Phi) is 34.7. The molecular formula is C82H124O6. The molecule has 6 rings (SSSR count). The van der Waals surface area contributed by atoms with Crippen molar-refractivity contribution in [3.63, 3.8) is 0 Å². The van der Waals surface area contributed by atoms with Crippen molar-refractivity contribution in [2.45, 2.75) is 304 Å². The maximum absolute atomic E-state index is 10.3. The molecule has 3 aliphatic rings. The second-order valence-electron chi connectivity index (χ2n) is 26.9. The SMILES string of the molecule is C.CC(C)=CCC/C(C)=C/CC/C(C)=C/CCC1CCc2c(C)c(O)c(C)c(C)c2O1.CC(C)=CCC/C(C)=C/CC/C(C)=C/CCC1CCc2cc(O)c(C)c(C)c2O1.CC(C)=CCC/C(C)=C/CC/C(C)=C/CCC1CCc2cc(O)cc(C)c2O1. The Bertz CT molecular complexity index is 2960. The third-order valence-corrected chi connectivity index (χ3v) is 17.9. The Morgan fingerprint density at radius 3 is 1.10 bits per heavy atom. The summed E-state index contributed by atoms with van der Waals surface area (Å²) in [6.07, 6.45) is 48.5. The summed E-state index contributed by atoms with van der Waals surface area (Å²) in [5, 5.41) is 30.1. The molecule has 0 spiro atoms. The maximum atomic E-state index is 10.3. The maximum Gasteiger partial charge on any atom is 0.126 e. The van der Waals surface area contributed by atoms with Crippen LogP contribution in [0.2, 0.25) is 0 Å². The normalized spacial score (nSPS) is 16.8. The Hall–Kier alpha value is -5.88. The summed E-state index contributed by atoms with van der Waals surface area (Å²) >= 11 is 0. The van der Waals surface area contributed by atoms with Gasteiger partial charge in [-0.15, -0.1) is 0 Å². The van der Waals surface area contributed by atoms with Gasteiger partial charge < -0.3 is 29.5 Å². The second kappa shape index (κ2) is 40.0. The molecule has 3 aromatic rings. The largest absolute Gasteiger partial charge is 0.508 e. The van der Waals surface area contributed by atoms with Gasteiger partial charge in [0.1, 0.15) is 34.5 Å². The number of phenolic OH excluding ortho intramolecular Hbond substituents is 3. The van der Waals surface area contributed by atoms with Crippen molar-refractivity contribution < 1.29 is 29.5 Å². The van der Waals surface area contributed by atoms with Gasteiger partial charge in [-0.05, 0) is 341 Å². The summed E-state index contributed by atoms with van der Waals surface area (Å²) in [5.41, 5.74) is 22.8. The summed E-state index contributed by atoms with van der Waals surface area (Å²) < 4.78 is 18.9. The number of hydrogen-bond acceptors (Lipinski definition) is 6. The fourth-order valence-corrected chi connectivity index (χ4v) is 11.9. The van der Waals surface area contributed by atoms with E-state index in [4.69, 9.17) is 14.2 Å². The predicted octanol–water partition coefficient (Wildman–Crippen LogP) is 24.3. The van der Waals surface area contributed by atoms with E-state index in [1.54, 1.807) is 6.07 Å². The Labute approximate surface area is 538 Å². The molecule has 3 aromatic carbocycles. The molecule has 3 atom stereocenters. The van der Waals surface area contributed by atoms with Crippen LogP contribution in [0.25, 0.3) is 0 Å². The molecule has 0 aliphatic carbocycles. The van der Waals surface area contributed by atoms with Gasteiger partial charge in [-0.1, -0.05) is 112 Å². The molecule has 88 heavy (non-hydrogen) atoms. The van der Waals surface area contributed by atoms with Crippen molar-refractivity contribution in [2.75, 3.05) is 0 Å². The highest BCUT2D eigenvalue weighted by atomic mass is 16.5. The van der Waals surface area contributed by atoms with E-state index in [0.717, 1.165) is 197 Å². The average Bonchev–Trinajstić information content (AvgIpc) is 0.981. The first kappa shape index (κ1) is 76.4. The lowest BCUT2D eigenvalue weighted by Crippen LogP contribution is -2.24. The van der Waals surface area contributed by atoms with Gasteiger partial charge in [0.05, 0.1) is 18.3 Å². The van der Waals surface area contributed by atoms with Crippen molar-refractivity contribution in [3.05, 3.63) is 173 Å². The molecule has 0 saturated heterocycles. The van der Waals surface area contributed by atoms with Gasteiger partial charge in [-0.25, -0.2) is 0 Å². The van der Waals surface area contributed by atoms with E-state index in [-0.39, 0.29) is 25.7 Å². The lowest BCUT2D eigenvalue weighted by Gasteiger charge is -2.30. The summed E-state index contributed by atoms with van der Waals surface area (Å²) in [5.74, 6) is 4.19. The average molecular weight is 1210 g/mol. The van der Waals surface area contributed by atoms with E-state index in [0.29, 0.717) is 17.2 Å². The highest BCUT2D eigenvalue weighted by molar-refractivity contribution is 5.58. The van der Waals surface area contributed by atoms with E-state index < -0.39 is 0 Å². The van der Waals surface area contributed by atoms with Gasteiger partial charge in [-0.2, -0.15) is 0 Å². The quantitative estimate of drug-likeness (QED) is 0.0659. The van der Waals surface area contributed by atoms with Crippen LogP contribution in [0.4, 0.5) is 0 Å². The zero-order valence-corrected chi connectivity index (χ0v) is 58.2. The standard InChI is InChI=1S/C28H42O2.C27H40O2.C26H38O2.CH4/c1-19(2)11-8-12-20(3)13-9-14-21(4)15-10-16-25-17-18-26-24(7)27(29)22(5)23(6)28(26)30-25;1-19(2)10-7-11-20(3)12-8-13-21(4)14-9-15-25-17-16-24-18-26(28)22(5)23(6)27(24)29-25;1-19(2)9-6-10-20(3)11-7-12-21(4)13-8-14-25-16-15-23-18-24(27)17-22(5)26(23)28-25;/h11,13,15,25,29H,8-10,12,14,16-18H2,1-7H3;10,12,14,18,25,28H,7-9,11,13,15-17H2,1-6H3;9,11,13,17-18,25,27H,6-8,10,12,14-16H2,1-5H3;1H4/b20-13+,21-15+;20-12+,21-14+;20-11+,21-13+;. The number of aromatic hydroxyl groups is 3. The number of aryl methyl sites for hydroxylation is 3.